The highest BCUT2D eigenvalue weighted by Gasteiger charge is 1.96. The number of hydrogen-bond donors (Lipinski definition) is 2. The number of methoxy groups -OCH3 is 1. The summed E-state index contributed by atoms with van der Waals surface area (Å²) in [6, 6.07) is 15.2. The first-order valence-electron chi connectivity index (χ1n) is 6.14. The van der Waals surface area contributed by atoms with Gasteiger partial charge in [-0.2, -0.15) is 0 Å². The molecule has 4 heteroatoms. The van der Waals surface area contributed by atoms with Gasteiger partial charge in [0.1, 0.15) is 18.1 Å². The SMILES string of the molecule is COc1ccc(NCCOc2cccc(N)c2)cc1. The van der Waals surface area contributed by atoms with Gasteiger partial charge in [-0.1, -0.05) is 6.07 Å². The van der Waals surface area contributed by atoms with Crippen molar-refractivity contribution < 1.29 is 9.47 Å². The van der Waals surface area contributed by atoms with Crippen LogP contribution in [0.1, 0.15) is 0 Å². The number of rotatable bonds is 6. The summed E-state index contributed by atoms with van der Waals surface area (Å²) in [6.07, 6.45) is 0. The van der Waals surface area contributed by atoms with Crippen molar-refractivity contribution in [1.82, 2.24) is 0 Å². The van der Waals surface area contributed by atoms with Crippen LogP contribution in [0.2, 0.25) is 0 Å². The monoisotopic (exact) mass is 258 g/mol. The second kappa shape index (κ2) is 6.54. The minimum Gasteiger partial charge on any atom is -0.497 e. The molecule has 0 radical (unpaired) electrons. The fraction of sp³-hybridized carbons (Fsp3) is 0.200. The average Bonchev–Trinajstić information content (AvgIpc) is 2.44. The molecule has 4 nitrogen and oxygen atoms in total. The molecule has 100 valence electrons. The van der Waals surface area contributed by atoms with Gasteiger partial charge in [-0.05, 0) is 36.4 Å². The van der Waals surface area contributed by atoms with E-state index in [4.69, 9.17) is 15.2 Å². The third-order valence-electron chi connectivity index (χ3n) is 2.65. The van der Waals surface area contributed by atoms with Gasteiger partial charge in [-0.25, -0.2) is 0 Å². The topological polar surface area (TPSA) is 56.5 Å². The highest BCUT2D eigenvalue weighted by atomic mass is 16.5. The van der Waals surface area contributed by atoms with Crippen LogP contribution in [0, 0.1) is 0 Å². The molecule has 0 bridgehead atoms. The molecule has 3 N–H and O–H groups in total. The highest BCUT2D eigenvalue weighted by Crippen LogP contribution is 2.16. The van der Waals surface area contributed by atoms with Crippen LogP contribution in [0.5, 0.6) is 11.5 Å². The van der Waals surface area contributed by atoms with Gasteiger partial charge in [0.2, 0.25) is 0 Å². The molecule has 0 saturated carbocycles. The lowest BCUT2D eigenvalue weighted by molar-refractivity contribution is 0.333. The zero-order valence-electron chi connectivity index (χ0n) is 10.9. The fourth-order valence-corrected chi connectivity index (χ4v) is 1.68. The third kappa shape index (κ3) is 4.10. The number of nitrogens with one attached hydrogen (secondary N) is 1. The van der Waals surface area contributed by atoms with Gasteiger partial charge < -0.3 is 20.5 Å². The Bertz CT molecular complexity index is 512. The number of anilines is 2. The van der Waals surface area contributed by atoms with Gasteiger partial charge >= 0.3 is 0 Å². The molecule has 0 fully saturated rings. The second-order valence-electron chi connectivity index (χ2n) is 4.08. The number of hydrogen-bond acceptors (Lipinski definition) is 4. The first-order valence-corrected chi connectivity index (χ1v) is 6.14. The van der Waals surface area contributed by atoms with Crippen molar-refractivity contribution >= 4 is 11.4 Å². The Morgan fingerprint density at radius 1 is 1.05 bits per heavy atom. The van der Waals surface area contributed by atoms with Crippen molar-refractivity contribution in [1.29, 1.82) is 0 Å². The second-order valence-corrected chi connectivity index (χ2v) is 4.08. The zero-order valence-corrected chi connectivity index (χ0v) is 10.9. The molecule has 2 aromatic carbocycles. The van der Waals surface area contributed by atoms with E-state index in [0.717, 1.165) is 23.7 Å². The van der Waals surface area contributed by atoms with Gasteiger partial charge in [0.05, 0.1) is 7.11 Å². The van der Waals surface area contributed by atoms with Crippen molar-refractivity contribution in [3.05, 3.63) is 48.5 Å². The predicted octanol–water partition coefficient (Wildman–Crippen LogP) is 2.77. The molecule has 2 rings (SSSR count). The minimum absolute atomic E-state index is 0.579. The maximum Gasteiger partial charge on any atom is 0.121 e. The molecule has 0 atom stereocenters. The van der Waals surface area contributed by atoms with Crippen LogP contribution < -0.4 is 20.5 Å². The summed E-state index contributed by atoms with van der Waals surface area (Å²) in [4.78, 5) is 0. The minimum atomic E-state index is 0.579. The lowest BCUT2D eigenvalue weighted by Crippen LogP contribution is -2.11. The van der Waals surface area contributed by atoms with Gasteiger partial charge in [-0.3, -0.25) is 0 Å². The highest BCUT2D eigenvalue weighted by molar-refractivity contribution is 5.46. The van der Waals surface area contributed by atoms with E-state index in [1.54, 1.807) is 7.11 Å². The van der Waals surface area contributed by atoms with E-state index in [-0.39, 0.29) is 0 Å². The maximum atomic E-state index is 5.67. The molecule has 0 aliphatic rings. The number of nitrogens with two attached hydrogens (primary N) is 1. The van der Waals surface area contributed by atoms with E-state index in [1.807, 2.05) is 48.5 Å². The summed E-state index contributed by atoms with van der Waals surface area (Å²) in [5, 5.41) is 3.27. The molecule has 0 aliphatic heterocycles. The molecule has 0 heterocycles. The summed E-state index contributed by atoms with van der Waals surface area (Å²) < 4.78 is 10.7. The van der Waals surface area contributed by atoms with E-state index in [2.05, 4.69) is 5.32 Å². The molecule has 19 heavy (non-hydrogen) atoms. The van der Waals surface area contributed by atoms with Crippen LogP contribution in [0.15, 0.2) is 48.5 Å². The quantitative estimate of drug-likeness (QED) is 0.618. The zero-order chi connectivity index (χ0) is 13.5. The summed E-state index contributed by atoms with van der Waals surface area (Å²) in [7, 11) is 1.65. The van der Waals surface area contributed by atoms with Gasteiger partial charge in [0, 0.05) is 24.0 Å². The Kier molecular flexibility index (Phi) is 4.50. The van der Waals surface area contributed by atoms with Crippen molar-refractivity contribution in [2.45, 2.75) is 0 Å². The van der Waals surface area contributed by atoms with Crippen molar-refractivity contribution in [3.8, 4) is 11.5 Å². The molecular formula is C15H18N2O2. The molecule has 2 aromatic rings. The third-order valence-corrected chi connectivity index (χ3v) is 2.65. The van der Waals surface area contributed by atoms with Crippen LogP contribution in [0.25, 0.3) is 0 Å². The molecule has 0 unspecified atom stereocenters. The smallest absolute Gasteiger partial charge is 0.121 e. The molecule has 0 spiro atoms. The first kappa shape index (κ1) is 13.1. The fourth-order valence-electron chi connectivity index (χ4n) is 1.68. The van der Waals surface area contributed by atoms with E-state index >= 15 is 0 Å². The Morgan fingerprint density at radius 2 is 1.84 bits per heavy atom. The largest absolute Gasteiger partial charge is 0.497 e. The van der Waals surface area contributed by atoms with Crippen LogP contribution >= 0.6 is 0 Å². The molecular weight excluding hydrogens is 240 g/mol. The number of ether oxygens (including phenoxy) is 2. The standard InChI is InChI=1S/C15H18N2O2/c1-18-14-7-5-13(6-8-14)17-9-10-19-15-4-2-3-12(16)11-15/h2-8,11,17H,9-10,16H2,1H3. The first-order chi connectivity index (χ1) is 9.28. The predicted molar refractivity (Wildman–Crippen MR) is 77.8 cm³/mol. The van der Waals surface area contributed by atoms with Gasteiger partial charge in [0.15, 0.2) is 0 Å². The summed E-state index contributed by atoms with van der Waals surface area (Å²) in [6.45, 7) is 1.30. The van der Waals surface area contributed by atoms with Gasteiger partial charge in [-0.15, -0.1) is 0 Å². The molecule has 0 saturated heterocycles. The van der Waals surface area contributed by atoms with Crippen LogP contribution in [-0.4, -0.2) is 20.3 Å². The molecule has 0 aliphatic carbocycles. The Hall–Kier alpha value is -2.36. The molecule has 0 amide bonds. The lowest BCUT2D eigenvalue weighted by atomic mass is 10.3. The summed E-state index contributed by atoms with van der Waals surface area (Å²) in [5.74, 6) is 1.64. The van der Waals surface area contributed by atoms with Crippen LogP contribution in [0.3, 0.4) is 0 Å². The van der Waals surface area contributed by atoms with Gasteiger partial charge in [0.25, 0.3) is 0 Å². The summed E-state index contributed by atoms with van der Waals surface area (Å²) >= 11 is 0. The van der Waals surface area contributed by atoms with Crippen LogP contribution in [-0.2, 0) is 0 Å². The number of nitrogen functional groups attached to an aromatic ring is 1. The van der Waals surface area contributed by atoms with E-state index in [0.29, 0.717) is 12.3 Å². The van der Waals surface area contributed by atoms with Crippen molar-refractivity contribution in [2.75, 3.05) is 31.3 Å². The normalized spacial score (nSPS) is 9.95. The van der Waals surface area contributed by atoms with E-state index in [9.17, 15) is 0 Å². The number of benzene rings is 2. The maximum absolute atomic E-state index is 5.67. The Morgan fingerprint density at radius 3 is 2.53 bits per heavy atom. The lowest BCUT2D eigenvalue weighted by Gasteiger charge is -2.09. The summed E-state index contributed by atoms with van der Waals surface area (Å²) in [5.41, 5.74) is 7.42. The Labute approximate surface area is 113 Å². The van der Waals surface area contributed by atoms with Crippen molar-refractivity contribution in [3.63, 3.8) is 0 Å². The Balaban J connectivity index is 1.74. The van der Waals surface area contributed by atoms with E-state index in [1.165, 1.54) is 0 Å². The van der Waals surface area contributed by atoms with E-state index < -0.39 is 0 Å². The molecule has 0 aromatic heterocycles. The average molecular weight is 258 g/mol. The van der Waals surface area contributed by atoms with Crippen molar-refractivity contribution in [2.24, 2.45) is 0 Å². The van der Waals surface area contributed by atoms with Crippen LogP contribution in [0.4, 0.5) is 11.4 Å².